The molecule has 3 nitrogen and oxygen atoms in total. The molecule has 0 saturated heterocycles. The van der Waals surface area contributed by atoms with E-state index in [-0.39, 0.29) is 17.9 Å². The summed E-state index contributed by atoms with van der Waals surface area (Å²) in [5, 5.41) is 3.03. The standard InChI is InChI=1S/C15H24N2O/c1-4-11(3)14(16)15(18)17-13(5-2)12-9-7-6-8-10-12/h6-11,13-14H,4-5,16H2,1-3H3,(H,17,18)/t11?,13-,14?/m1/s1. The van der Waals surface area contributed by atoms with E-state index in [2.05, 4.69) is 12.2 Å². The predicted octanol–water partition coefficient (Wildman–Crippen LogP) is 2.63. The molecule has 0 heterocycles. The molecule has 1 rings (SSSR count). The first-order chi connectivity index (χ1) is 8.60. The molecule has 1 amide bonds. The molecule has 0 aliphatic carbocycles. The van der Waals surface area contributed by atoms with Crippen molar-refractivity contribution in [3.8, 4) is 0 Å². The van der Waals surface area contributed by atoms with Crippen LogP contribution in [0.5, 0.6) is 0 Å². The van der Waals surface area contributed by atoms with E-state index in [9.17, 15) is 4.79 Å². The van der Waals surface area contributed by atoms with Gasteiger partial charge >= 0.3 is 0 Å². The van der Waals surface area contributed by atoms with Crippen molar-refractivity contribution in [3.05, 3.63) is 35.9 Å². The number of benzene rings is 1. The van der Waals surface area contributed by atoms with Crippen molar-refractivity contribution in [1.82, 2.24) is 5.32 Å². The quantitative estimate of drug-likeness (QED) is 0.813. The van der Waals surface area contributed by atoms with Crippen LogP contribution in [0.15, 0.2) is 30.3 Å². The van der Waals surface area contributed by atoms with Gasteiger partial charge in [-0.2, -0.15) is 0 Å². The lowest BCUT2D eigenvalue weighted by Crippen LogP contribution is -2.45. The Bertz CT molecular complexity index is 364. The third kappa shape index (κ3) is 3.84. The van der Waals surface area contributed by atoms with Crippen LogP contribution in [-0.4, -0.2) is 11.9 Å². The summed E-state index contributed by atoms with van der Waals surface area (Å²) in [6, 6.07) is 9.63. The second-order valence-corrected chi connectivity index (χ2v) is 4.79. The molecular weight excluding hydrogens is 224 g/mol. The molecule has 0 saturated carbocycles. The van der Waals surface area contributed by atoms with Crippen molar-refractivity contribution in [2.24, 2.45) is 11.7 Å². The van der Waals surface area contributed by atoms with Crippen LogP contribution in [0.1, 0.15) is 45.2 Å². The van der Waals surface area contributed by atoms with Gasteiger partial charge in [-0.15, -0.1) is 0 Å². The average molecular weight is 248 g/mol. The van der Waals surface area contributed by atoms with Crippen molar-refractivity contribution in [2.45, 2.75) is 45.7 Å². The SMILES string of the molecule is CCC(C)C(N)C(=O)N[C@H](CC)c1ccccc1. The van der Waals surface area contributed by atoms with Crippen LogP contribution in [0.2, 0.25) is 0 Å². The van der Waals surface area contributed by atoms with Crippen LogP contribution in [0.3, 0.4) is 0 Å². The summed E-state index contributed by atoms with van der Waals surface area (Å²) >= 11 is 0. The van der Waals surface area contributed by atoms with E-state index in [0.29, 0.717) is 0 Å². The van der Waals surface area contributed by atoms with Crippen molar-refractivity contribution in [1.29, 1.82) is 0 Å². The Hall–Kier alpha value is -1.35. The van der Waals surface area contributed by atoms with Gasteiger partial charge < -0.3 is 11.1 Å². The molecule has 0 aliphatic heterocycles. The minimum absolute atomic E-state index is 0.0498. The number of hydrogen-bond acceptors (Lipinski definition) is 2. The van der Waals surface area contributed by atoms with Gasteiger partial charge in [0.05, 0.1) is 12.1 Å². The summed E-state index contributed by atoms with van der Waals surface area (Å²) in [5.74, 6) is 0.151. The van der Waals surface area contributed by atoms with Crippen molar-refractivity contribution in [3.63, 3.8) is 0 Å². The zero-order valence-electron chi connectivity index (χ0n) is 11.5. The molecule has 0 spiro atoms. The number of carbonyl (C=O) groups is 1. The predicted molar refractivity (Wildman–Crippen MR) is 75.0 cm³/mol. The molecule has 0 fully saturated rings. The fourth-order valence-electron chi connectivity index (χ4n) is 1.89. The van der Waals surface area contributed by atoms with Gasteiger partial charge in [0.2, 0.25) is 5.91 Å². The Morgan fingerprint density at radius 3 is 2.33 bits per heavy atom. The normalized spacial score (nSPS) is 15.8. The Kier molecular flexibility index (Phi) is 5.86. The maximum Gasteiger partial charge on any atom is 0.237 e. The molecule has 3 heteroatoms. The van der Waals surface area contributed by atoms with Crippen LogP contribution in [0.25, 0.3) is 0 Å². The Morgan fingerprint density at radius 2 is 1.83 bits per heavy atom. The van der Waals surface area contributed by atoms with Crippen LogP contribution in [-0.2, 0) is 4.79 Å². The highest BCUT2D eigenvalue weighted by atomic mass is 16.2. The second-order valence-electron chi connectivity index (χ2n) is 4.79. The maximum absolute atomic E-state index is 12.0. The first-order valence-electron chi connectivity index (χ1n) is 6.71. The van der Waals surface area contributed by atoms with Gasteiger partial charge in [0.1, 0.15) is 0 Å². The van der Waals surface area contributed by atoms with Gasteiger partial charge in [-0.1, -0.05) is 57.5 Å². The molecule has 2 unspecified atom stereocenters. The highest BCUT2D eigenvalue weighted by Gasteiger charge is 2.22. The molecular formula is C15H24N2O. The monoisotopic (exact) mass is 248 g/mol. The molecule has 3 atom stereocenters. The molecule has 3 N–H and O–H groups in total. The average Bonchev–Trinajstić information content (AvgIpc) is 2.43. The van der Waals surface area contributed by atoms with Gasteiger partial charge in [-0.25, -0.2) is 0 Å². The summed E-state index contributed by atoms with van der Waals surface area (Å²) < 4.78 is 0. The van der Waals surface area contributed by atoms with Crippen molar-refractivity contribution in [2.75, 3.05) is 0 Å². The van der Waals surface area contributed by atoms with E-state index in [1.54, 1.807) is 0 Å². The fraction of sp³-hybridized carbons (Fsp3) is 0.533. The lowest BCUT2D eigenvalue weighted by atomic mass is 9.98. The fourth-order valence-corrected chi connectivity index (χ4v) is 1.89. The smallest absolute Gasteiger partial charge is 0.237 e. The Labute approximate surface area is 110 Å². The van der Waals surface area contributed by atoms with E-state index in [4.69, 9.17) is 5.73 Å². The topological polar surface area (TPSA) is 55.1 Å². The Balaban J connectivity index is 2.67. The minimum Gasteiger partial charge on any atom is -0.348 e. The van der Waals surface area contributed by atoms with Crippen LogP contribution < -0.4 is 11.1 Å². The summed E-state index contributed by atoms with van der Waals surface area (Å²) in [7, 11) is 0. The van der Waals surface area contributed by atoms with Crippen LogP contribution in [0.4, 0.5) is 0 Å². The lowest BCUT2D eigenvalue weighted by Gasteiger charge is -2.23. The van der Waals surface area contributed by atoms with Gasteiger partial charge in [0.15, 0.2) is 0 Å². The van der Waals surface area contributed by atoms with Gasteiger partial charge in [-0.3, -0.25) is 4.79 Å². The maximum atomic E-state index is 12.0. The molecule has 0 aromatic heterocycles. The summed E-state index contributed by atoms with van der Waals surface area (Å²) in [6.45, 7) is 6.12. The summed E-state index contributed by atoms with van der Waals surface area (Å²) in [6.07, 6.45) is 1.78. The number of rotatable bonds is 6. The van der Waals surface area contributed by atoms with Crippen LogP contribution in [0, 0.1) is 5.92 Å². The lowest BCUT2D eigenvalue weighted by molar-refractivity contribution is -0.124. The van der Waals surface area contributed by atoms with E-state index in [1.165, 1.54) is 0 Å². The first kappa shape index (κ1) is 14.7. The minimum atomic E-state index is -0.423. The van der Waals surface area contributed by atoms with E-state index in [0.717, 1.165) is 18.4 Å². The zero-order chi connectivity index (χ0) is 13.5. The van der Waals surface area contributed by atoms with Gasteiger partial charge in [0.25, 0.3) is 0 Å². The second kappa shape index (κ2) is 7.17. The van der Waals surface area contributed by atoms with Gasteiger partial charge in [0, 0.05) is 0 Å². The summed E-state index contributed by atoms with van der Waals surface area (Å²) in [4.78, 5) is 12.0. The first-order valence-corrected chi connectivity index (χ1v) is 6.71. The molecule has 0 radical (unpaired) electrons. The molecule has 18 heavy (non-hydrogen) atoms. The largest absolute Gasteiger partial charge is 0.348 e. The van der Waals surface area contributed by atoms with Gasteiger partial charge in [-0.05, 0) is 17.9 Å². The third-order valence-electron chi connectivity index (χ3n) is 3.49. The summed E-state index contributed by atoms with van der Waals surface area (Å²) in [5.41, 5.74) is 7.07. The van der Waals surface area contributed by atoms with E-state index < -0.39 is 6.04 Å². The number of nitrogens with one attached hydrogen (secondary N) is 1. The number of carbonyl (C=O) groups excluding carboxylic acids is 1. The number of amides is 1. The molecule has 0 bridgehead atoms. The molecule has 1 aromatic rings. The zero-order valence-corrected chi connectivity index (χ0v) is 11.5. The van der Waals surface area contributed by atoms with E-state index >= 15 is 0 Å². The van der Waals surface area contributed by atoms with E-state index in [1.807, 2.05) is 44.2 Å². The van der Waals surface area contributed by atoms with Crippen molar-refractivity contribution < 1.29 is 4.79 Å². The Morgan fingerprint density at radius 1 is 1.22 bits per heavy atom. The number of hydrogen-bond donors (Lipinski definition) is 2. The number of nitrogens with two attached hydrogens (primary N) is 1. The third-order valence-corrected chi connectivity index (χ3v) is 3.49. The van der Waals surface area contributed by atoms with Crippen molar-refractivity contribution >= 4 is 5.91 Å². The molecule has 100 valence electrons. The highest BCUT2D eigenvalue weighted by Crippen LogP contribution is 2.16. The highest BCUT2D eigenvalue weighted by molar-refractivity contribution is 5.82. The molecule has 0 aliphatic rings. The van der Waals surface area contributed by atoms with Crippen LogP contribution >= 0.6 is 0 Å². The molecule has 1 aromatic carbocycles.